The van der Waals surface area contributed by atoms with E-state index in [1.165, 1.54) is 18.7 Å². The molecule has 0 unspecified atom stereocenters. The molecule has 1 fully saturated rings. The maximum Gasteiger partial charge on any atom is 0.167 e. The third-order valence-electron chi connectivity index (χ3n) is 3.25. The Morgan fingerprint density at radius 1 is 1.11 bits per heavy atom. The number of piperidine rings is 1. The van der Waals surface area contributed by atoms with E-state index < -0.39 is 11.6 Å². The second-order valence-corrected chi connectivity index (χ2v) is 4.44. The Labute approximate surface area is 111 Å². The zero-order valence-electron chi connectivity index (χ0n) is 11.1. The van der Waals surface area contributed by atoms with Crippen molar-refractivity contribution in [1.82, 2.24) is 0 Å². The Morgan fingerprint density at radius 2 is 1.79 bits per heavy atom. The van der Waals surface area contributed by atoms with Gasteiger partial charge in [0.05, 0.1) is 26.2 Å². The molecule has 1 aliphatic heterocycles. The van der Waals surface area contributed by atoms with Crippen LogP contribution in [-0.2, 0) is 4.74 Å². The summed E-state index contributed by atoms with van der Waals surface area (Å²) in [5.41, 5.74) is 1.47. The molecule has 1 aromatic carbocycles. The number of ether oxygens (including phenoxy) is 2. The molecular formula is C14H17F2NO2. The van der Waals surface area contributed by atoms with Crippen molar-refractivity contribution in [3.05, 3.63) is 35.6 Å². The van der Waals surface area contributed by atoms with E-state index in [-0.39, 0.29) is 11.4 Å². The number of halogens is 2. The maximum atomic E-state index is 13.9. The Morgan fingerprint density at radius 3 is 2.37 bits per heavy atom. The molecule has 0 radical (unpaired) electrons. The number of methoxy groups -OCH3 is 2. The summed E-state index contributed by atoms with van der Waals surface area (Å²) in [6.07, 6.45) is 3.31. The Balaban J connectivity index is 2.16. The molecule has 0 N–H and O–H groups in total. The summed E-state index contributed by atoms with van der Waals surface area (Å²) in [5.74, 6) is -1.08. The van der Waals surface area contributed by atoms with Crippen LogP contribution in [0, 0.1) is 11.6 Å². The van der Waals surface area contributed by atoms with Crippen LogP contribution in [0.3, 0.4) is 0 Å². The lowest BCUT2D eigenvalue weighted by Crippen LogP contribution is -2.31. The lowest BCUT2D eigenvalue weighted by Gasteiger charge is -2.30. The van der Waals surface area contributed by atoms with Crippen molar-refractivity contribution in [2.75, 3.05) is 32.2 Å². The fraction of sp³-hybridized carbons (Fsp3) is 0.429. The highest BCUT2D eigenvalue weighted by molar-refractivity contribution is 5.52. The van der Waals surface area contributed by atoms with Crippen LogP contribution in [-0.4, -0.2) is 27.3 Å². The van der Waals surface area contributed by atoms with Gasteiger partial charge in [0.1, 0.15) is 5.82 Å². The van der Waals surface area contributed by atoms with E-state index in [0.29, 0.717) is 13.1 Å². The van der Waals surface area contributed by atoms with E-state index in [2.05, 4.69) is 0 Å². The minimum Gasteiger partial charge on any atom is -0.504 e. The average molecular weight is 269 g/mol. The van der Waals surface area contributed by atoms with Crippen molar-refractivity contribution >= 4 is 5.69 Å². The van der Waals surface area contributed by atoms with E-state index >= 15 is 0 Å². The van der Waals surface area contributed by atoms with Crippen LogP contribution in [0.25, 0.3) is 0 Å². The largest absolute Gasteiger partial charge is 0.504 e. The second kappa shape index (κ2) is 5.91. The summed E-state index contributed by atoms with van der Waals surface area (Å²) >= 11 is 0. The van der Waals surface area contributed by atoms with Crippen LogP contribution in [0.2, 0.25) is 0 Å². The van der Waals surface area contributed by atoms with Crippen molar-refractivity contribution < 1.29 is 18.3 Å². The Kier molecular flexibility index (Phi) is 4.24. The SMILES string of the molecule is COC=C1CCN(c2cc(F)c(OC)cc2F)CC1. The molecule has 1 aromatic rings. The monoisotopic (exact) mass is 269 g/mol. The third kappa shape index (κ3) is 2.97. The first-order valence-electron chi connectivity index (χ1n) is 6.14. The smallest absolute Gasteiger partial charge is 0.167 e. The van der Waals surface area contributed by atoms with Gasteiger partial charge < -0.3 is 14.4 Å². The minimum atomic E-state index is -0.544. The molecule has 19 heavy (non-hydrogen) atoms. The first kappa shape index (κ1) is 13.6. The van der Waals surface area contributed by atoms with Crippen LogP contribution in [0.4, 0.5) is 14.5 Å². The molecule has 1 aliphatic rings. The van der Waals surface area contributed by atoms with Gasteiger partial charge in [-0.05, 0) is 18.4 Å². The van der Waals surface area contributed by atoms with Crippen molar-refractivity contribution in [3.8, 4) is 5.75 Å². The maximum absolute atomic E-state index is 13.9. The molecule has 0 aliphatic carbocycles. The van der Waals surface area contributed by atoms with Crippen LogP contribution in [0.15, 0.2) is 24.0 Å². The summed E-state index contributed by atoms with van der Waals surface area (Å²) < 4.78 is 37.3. The number of hydrogen-bond donors (Lipinski definition) is 0. The summed E-state index contributed by atoms with van der Waals surface area (Å²) in [4.78, 5) is 1.84. The van der Waals surface area contributed by atoms with Gasteiger partial charge in [-0.15, -0.1) is 0 Å². The second-order valence-electron chi connectivity index (χ2n) is 4.44. The zero-order valence-corrected chi connectivity index (χ0v) is 11.1. The van der Waals surface area contributed by atoms with Gasteiger partial charge in [0.2, 0.25) is 0 Å². The molecule has 0 aromatic heterocycles. The number of anilines is 1. The molecule has 3 nitrogen and oxygen atoms in total. The molecule has 2 rings (SSSR count). The Hall–Kier alpha value is -1.78. The van der Waals surface area contributed by atoms with Gasteiger partial charge in [-0.1, -0.05) is 0 Å². The third-order valence-corrected chi connectivity index (χ3v) is 3.25. The van der Waals surface area contributed by atoms with Crippen molar-refractivity contribution in [2.45, 2.75) is 12.8 Å². The normalized spacial score (nSPS) is 15.4. The van der Waals surface area contributed by atoms with Crippen LogP contribution >= 0.6 is 0 Å². The molecule has 5 heteroatoms. The van der Waals surface area contributed by atoms with E-state index in [9.17, 15) is 8.78 Å². The first-order chi connectivity index (χ1) is 9.15. The van der Waals surface area contributed by atoms with Gasteiger partial charge >= 0.3 is 0 Å². The van der Waals surface area contributed by atoms with Gasteiger partial charge in [-0.25, -0.2) is 8.78 Å². The lowest BCUT2D eigenvalue weighted by atomic mass is 10.0. The van der Waals surface area contributed by atoms with E-state index in [1.807, 2.05) is 4.90 Å². The lowest BCUT2D eigenvalue weighted by molar-refractivity contribution is 0.330. The molecule has 1 saturated heterocycles. The molecule has 0 atom stereocenters. The highest BCUT2D eigenvalue weighted by atomic mass is 19.1. The summed E-state index contributed by atoms with van der Waals surface area (Å²) in [7, 11) is 2.93. The van der Waals surface area contributed by atoms with Crippen molar-refractivity contribution in [3.63, 3.8) is 0 Å². The van der Waals surface area contributed by atoms with Gasteiger partial charge in [-0.2, -0.15) is 0 Å². The predicted octanol–water partition coefficient (Wildman–Crippen LogP) is 3.10. The standard InChI is InChI=1S/C14H17F2NO2/c1-18-9-10-3-5-17(6-4-10)13-7-12(16)14(19-2)8-11(13)15/h7-9H,3-6H2,1-2H3. The van der Waals surface area contributed by atoms with E-state index in [1.54, 1.807) is 13.4 Å². The molecular weight excluding hydrogens is 252 g/mol. The van der Waals surface area contributed by atoms with Crippen LogP contribution in [0.5, 0.6) is 5.75 Å². The fourth-order valence-corrected chi connectivity index (χ4v) is 2.24. The number of rotatable bonds is 3. The van der Waals surface area contributed by atoms with Crippen LogP contribution in [0.1, 0.15) is 12.8 Å². The minimum absolute atomic E-state index is 0.0711. The van der Waals surface area contributed by atoms with Gasteiger partial charge in [0.15, 0.2) is 11.6 Å². The van der Waals surface area contributed by atoms with Crippen LogP contribution < -0.4 is 9.64 Å². The predicted molar refractivity (Wildman–Crippen MR) is 69.4 cm³/mol. The summed E-state index contributed by atoms with van der Waals surface area (Å²) in [5, 5.41) is 0. The van der Waals surface area contributed by atoms with Gasteiger partial charge in [0, 0.05) is 25.2 Å². The fourth-order valence-electron chi connectivity index (χ4n) is 2.24. The van der Waals surface area contributed by atoms with Crippen molar-refractivity contribution in [1.29, 1.82) is 0 Å². The molecule has 0 spiro atoms. The quantitative estimate of drug-likeness (QED) is 0.787. The molecule has 1 heterocycles. The number of nitrogens with zero attached hydrogens (tertiary/aromatic N) is 1. The van der Waals surface area contributed by atoms with E-state index in [4.69, 9.17) is 9.47 Å². The number of hydrogen-bond acceptors (Lipinski definition) is 3. The molecule has 104 valence electrons. The highest BCUT2D eigenvalue weighted by Crippen LogP contribution is 2.30. The average Bonchev–Trinajstić information content (AvgIpc) is 2.42. The zero-order chi connectivity index (χ0) is 13.8. The Bertz CT molecular complexity index is 479. The topological polar surface area (TPSA) is 21.7 Å². The molecule has 0 saturated carbocycles. The van der Waals surface area contributed by atoms with Gasteiger partial charge in [0.25, 0.3) is 0 Å². The van der Waals surface area contributed by atoms with Gasteiger partial charge in [-0.3, -0.25) is 0 Å². The summed E-state index contributed by atoms with van der Waals surface area (Å²) in [6.45, 7) is 1.30. The number of benzene rings is 1. The summed E-state index contributed by atoms with van der Waals surface area (Å²) in [6, 6.07) is 2.28. The highest BCUT2D eigenvalue weighted by Gasteiger charge is 2.19. The molecule has 0 amide bonds. The first-order valence-corrected chi connectivity index (χ1v) is 6.14. The van der Waals surface area contributed by atoms with E-state index in [0.717, 1.165) is 18.9 Å². The molecule has 0 bridgehead atoms. The van der Waals surface area contributed by atoms with Crippen molar-refractivity contribution in [2.24, 2.45) is 0 Å².